The summed E-state index contributed by atoms with van der Waals surface area (Å²) in [5.74, 6) is -0.729. The van der Waals surface area contributed by atoms with Crippen molar-refractivity contribution in [3.63, 3.8) is 0 Å². The molecule has 7 heteroatoms. The Morgan fingerprint density at radius 2 is 2.14 bits per heavy atom. The second-order valence-corrected chi connectivity index (χ2v) is 3.04. The number of alkyl halides is 3. The topological polar surface area (TPSA) is 47.6 Å². The van der Waals surface area contributed by atoms with E-state index in [4.69, 9.17) is 4.74 Å². The smallest absolute Gasteiger partial charge is 0.401 e. The van der Waals surface area contributed by atoms with Crippen molar-refractivity contribution in [1.29, 1.82) is 0 Å². The molecular weight excluding hydrogens is 203 g/mol. The lowest BCUT2D eigenvalue weighted by atomic mass is 9.98. The van der Waals surface area contributed by atoms with Gasteiger partial charge in [0.1, 0.15) is 0 Å². The summed E-state index contributed by atoms with van der Waals surface area (Å²) in [5.41, 5.74) is -1.32. The molecule has 0 aliphatic carbocycles. The summed E-state index contributed by atoms with van der Waals surface area (Å²) in [6, 6.07) is 0. The van der Waals surface area contributed by atoms with Gasteiger partial charge in [-0.3, -0.25) is 5.32 Å². The summed E-state index contributed by atoms with van der Waals surface area (Å²) < 4.78 is 44.6. The second-order valence-electron chi connectivity index (χ2n) is 3.04. The van der Waals surface area contributed by atoms with E-state index in [9.17, 15) is 18.0 Å². The minimum absolute atomic E-state index is 0.0875. The highest BCUT2D eigenvalue weighted by Gasteiger charge is 2.48. The average Bonchev–Trinajstić information content (AvgIpc) is 1.99. The molecule has 0 saturated carbocycles. The fraction of sp³-hybridized carbons (Fsp3) is 0.857. The van der Waals surface area contributed by atoms with E-state index in [-0.39, 0.29) is 13.2 Å². The molecule has 1 rings (SSSR count). The molecule has 0 aromatic heterocycles. The largest absolute Gasteiger partial charge is 0.468 e. The Bertz CT molecular complexity index is 225. The summed E-state index contributed by atoms with van der Waals surface area (Å²) in [4.78, 5) is 11.1. The van der Waals surface area contributed by atoms with Crippen LogP contribution in [-0.2, 0) is 14.3 Å². The first-order chi connectivity index (χ1) is 6.40. The van der Waals surface area contributed by atoms with Gasteiger partial charge in [-0.2, -0.15) is 13.2 Å². The maximum atomic E-state index is 11.9. The molecule has 0 spiro atoms. The molecule has 1 aliphatic heterocycles. The third kappa shape index (κ3) is 2.36. The molecule has 1 fully saturated rings. The fourth-order valence-corrected chi connectivity index (χ4v) is 1.06. The first-order valence-electron chi connectivity index (χ1n) is 3.88. The van der Waals surface area contributed by atoms with Gasteiger partial charge in [0, 0.05) is 0 Å². The number of hydrogen-bond donors (Lipinski definition) is 1. The lowest BCUT2D eigenvalue weighted by Gasteiger charge is -2.39. The number of esters is 1. The lowest BCUT2D eigenvalue weighted by Crippen LogP contribution is -2.67. The number of carbonyl (C=O) groups excluding carboxylic acids is 1. The average molecular weight is 213 g/mol. The SMILES string of the molecule is COC(=O)C1(NCC(F)(F)F)COC1. The maximum Gasteiger partial charge on any atom is 0.401 e. The van der Waals surface area contributed by atoms with Gasteiger partial charge in [-0.1, -0.05) is 0 Å². The Morgan fingerprint density at radius 3 is 2.43 bits per heavy atom. The Kier molecular flexibility index (Phi) is 3.01. The van der Waals surface area contributed by atoms with E-state index in [1.54, 1.807) is 0 Å². The molecule has 82 valence electrons. The highest BCUT2D eigenvalue weighted by atomic mass is 19.4. The van der Waals surface area contributed by atoms with E-state index in [2.05, 4.69) is 10.1 Å². The molecule has 0 amide bonds. The first-order valence-corrected chi connectivity index (χ1v) is 3.88. The molecule has 14 heavy (non-hydrogen) atoms. The monoisotopic (exact) mass is 213 g/mol. The molecule has 4 nitrogen and oxygen atoms in total. The van der Waals surface area contributed by atoms with Crippen LogP contribution in [0.5, 0.6) is 0 Å². The number of nitrogens with one attached hydrogen (secondary N) is 1. The predicted molar refractivity (Wildman–Crippen MR) is 39.6 cm³/mol. The zero-order chi connectivity index (χ0) is 10.8. The molecule has 1 aliphatic rings. The van der Waals surface area contributed by atoms with E-state index in [1.165, 1.54) is 0 Å². The minimum Gasteiger partial charge on any atom is -0.468 e. The Hall–Kier alpha value is -0.820. The number of methoxy groups -OCH3 is 1. The van der Waals surface area contributed by atoms with Crippen LogP contribution in [0.1, 0.15) is 0 Å². The van der Waals surface area contributed by atoms with Gasteiger partial charge < -0.3 is 9.47 Å². The summed E-state index contributed by atoms with van der Waals surface area (Å²) in [6.45, 7) is -1.41. The number of ether oxygens (including phenoxy) is 2. The van der Waals surface area contributed by atoms with Gasteiger partial charge in [-0.15, -0.1) is 0 Å². The Morgan fingerprint density at radius 1 is 1.57 bits per heavy atom. The van der Waals surface area contributed by atoms with Crippen molar-refractivity contribution >= 4 is 5.97 Å². The Balaban J connectivity index is 2.50. The lowest BCUT2D eigenvalue weighted by molar-refractivity contribution is -0.177. The summed E-state index contributed by atoms with van der Waals surface area (Å²) in [5, 5.41) is 2.10. The van der Waals surface area contributed by atoms with Crippen LogP contribution >= 0.6 is 0 Å². The van der Waals surface area contributed by atoms with Gasteiger partial charge in [0.2, 0.25) is 0 Å². The highest BCUT2D eigenvalue weighted by molar-refractivity contribution is 5.82. The van der Waals surface area contributed by atoms with E-state index in [1.807, 2.05) is 0 Å². The van der Waals surface area contributed by atoms with Gasteiger partial charge in [0.25, 0.3) is 0 Å². The third-order valence-electron chi connectivity index (χ3n) is 1.90. The fourth-order valence-electron chi connectivity index (χ4n) is 1.06. The quantitative estimate of drug-likeness (QED) is 0.674. The normalized spacial score (nSPS) is 20.0. The van der Waals surface area contributed by atoms with Crippen molar-refractivity contribution < 1.29 is 27.4 Å². The van der Waals surface area contributed by atoms with Gasteiger partial charge in [0.05, 0.1) is 26.9 Å². The molecule has 0 radical (unpaired) electrons. The molecular formula is C7H10F3NO3. The standard InChI is InChI=1S/C7H10F3NO3/c1-13-5(12)6(3-14-4-6)11-2-7(8,9)10/h11H,2-4H2,1H3. The number of halogens is 3. The molecule has 1 saturated heterocycles. The third-order valence-corrected chi connectivity index (χ3v) is 1.90. The summed E-state index contributed by atoms with van der Waals surface area (Å²) in [7, 11) is 1.12. The van der Waals surface area contributed by atoms with Crippen LogP contribution in [0.4, 0.5) is 13.2 Å². The number of hydrogen-bond acceptors (Lipinski definition) is 4. The van der Waals surface area contributed by atoms with Crippen LogP contribution in [0.15, 0.2) is 0 Å². The van der Waals surface area contributed by atoms with Crippen molar-refractivity contribution in [3.05, 3.63) is 0 Å². The zero-order valence-electron chi connectivity index (χ0n) is 7.48. The van der Waals surface area contributed by atoms with Crippen LogP contribution in [-0.4, -0.2) is 44.6 Å². The summed E-state index contributed by atoms with van der Waals surface area (Å²) >= 11 is 0. The van der Waals surface area contributed by atoms with Gasteiger partial charge >= 0.3 is 12.1 Å². The van der Waals surface area contributed by atoms with Crippen molar-refractivity contribution in [2.45, 2.75) is 11.7 Å². The van der Waals surface area contributed by atoms with Gasteiger partial charge in [0.15, 0.2) is 5.54 Å². The maximum absolute atomic E-state index is 11.9. The van der Waals surface area contributed by atoms with Crippen LogP contribution in [0.2, 0.25) is 0 Å². The summed E-state index contributed by atoms with van der Waals surface area (Å²) in [6.07, 6.45) is -4.35. The van der Waals surface area contributed by atoms with Crippen molar-refractivity contribution in [3.8, 4) is 0 Å². The highest BCUT2D eigenvalue weighted by Crippen LogP contribution is 2.21. The van der Waals surface area contributed by atoms with Gasteiger partial charge in [-0.05, 0) is 0 Å². The van der Waals surface area contributed by atoms with Crippen molar-refractivity contribution in [2.24, 2.45) is 0 Å². The van der Waals surface area contributed by atoms with Crippen LogP contribution in [0.3, 0.4) is 0 Å². The number of carbonyl (C=O) groups is 1. The Labute approximate surface area is 78.4 Å². The zero-order valence-corrected chi connectivity index (χ0v) is 7.48. The van der Waals surface area contributed by atoms with E-state index < -0.39 is 24.2 Å². The van der Waals surface area contributed by atoms with Crippen LogP contribution in [0.25, 0.3) is 0 Å². The molecule has 0 atom stereocenters. The van der Waals surface area contributed by atoms with E-state index in [0.29, 0.717) is 0 Å². The van der Waals surface area contributed by atoms with Crippen molar-refractivity contribution in [2.75, 3.05) is 26.9 Å². The predicted octanol–water partition coefficient (Wildman–Crippen LogP) is 0.0803. The molecule has 0 aromatic rings. The molecule has 0 aromatic carbocycles. The minimum atomic E-state index is -4.35. The van der Waals surface area contributed by atoms with E-state index in [0.717, 1.165) is 7.11 Å². The molecule has 0 bridgehead atoms. The van der Waals surface area contributed by atoms with Gasteiger partial charge in [-0.25, -0.2) is 4.79 Å². The van der Waals surface area contributed by atoms with Crippen LogP contribution in [0, 0.1) is 0 Å². The second kappa shape index (κ2) is 3.74. The van der Waals surface area contributed by atoms with E-state index >= 15 is 0 Å². The van der Waals surface area contributed by atoms with Crippen LogP contribution < -0.4 is 5.32 Å². The number of rotatable bonds is 3. The molecule has 1 N–H and O–H groups in total. The molecule has 1 heterocycles. The molecule has 0 unspecified atom stereocenters. The first kappa shape index (κ1) is 11.3. The van der Waals surface area contributed by atoms with Crippen molar-refractivity contribution in [1.82, 2.24) is 5.32 Å².